The smallest absolute Gasteiger partial charge is 0.273 e. The standard InChI is InChI=1S/C14H19N3O4.ClH/c15-10-14(6-1-2-7-14)16-13(18)9-21-12-5-3-4-11(8-12)17(19)20;/h3-5,8H,1-2,6-7,9-10,15H2,(H,16,18);1H. The first-order chi connectivity index (χ1) is 10.0. The number of rotatable bonds is 6. The number of nitrogens with one attached hydrogen (secondary N) is 1. The molecule has 0 radical (unpaired) electrons. The number of nitrogens with two attached hydrogens (primary N) is 1. The second-order valence-electron chi connectivity index (χ2n) is 5.28. The fourth-order valence-electron chi connectivity index (χ4n) is 2.60. The fraction of sp³-hybridized carbons (Fsp3) is 0.500. The van der Waals surface area contributed by atoms with Crippen LogP contribution in [0.5, 0.6) is 5.75 Å². The Hall–Kier alpha value is -1.86. The van der Waals surface area contributed by atoms with Gasteiger partial charge in [-0.25, -0.2) is 0 Å². The summed E-state index contributed by atoms with van der Waals surface area (Å²) in [6.07, 6.45) is 3.88. The maximum Gasteiger partial charge on any atom is 0.273 e. The molecule has 1 aromatic carbocycles. The molecule has 0 spiro atoms. The van der Waals surface area contributed by atoms with Crippen LogP contribution in [0.15, 0.2) is 24.3 Å². The van der Waals surface area contributed by atoms with Gasteiger partial charge < -0.3 is 15.8 Å². The number of benzene rings is 1. The Labute approximate surface area is 134 Å². The Morgan fingerprint density at radius 3 is 2.68 bits per heavy atom. The molecule has 0 heterocycles. The van der Waals surface area contributed by atoms with Gasteiger partial charge in [0.1, 0.15) is 5.75 Å². The summed E-state index contributed by atoms with van der Waals surface area (Å²) in [5, 5.41) is 13.6. The summed E-state index contributed by atoms with van der Waals surface area (Å²) < 4.78 is 5.30. The van der Waals surface area contributed by atoms with Crippen LogP contribution in [-0.2, 0) is 4.79 Å². The molecule has 0 bridgehead atoms. The SMILES string of the molecule is Cl.NCC1(NC(=O)COc2cccc([N+](=O)[O-])c2)CCCC1. The van der Waals surface area contributed by atoms with Gasteiger partial charge in [-0.1, -0.05) is 18.9 Å². The van der Waals surface area contributed by atoms with Crippen LogP contribution in [0, 0.1) is 10.1 Å². The molecule has 1 saturated carbocycles. The van der Waals surface area contributed by atoms with Crippen LogP contribution in [0.3, 0.4) is 0 Å². The van der Waals surface area contributed by atoms with Gasteiger partial charge in [0.15, 0.2) is 6.61 Å². The zero-order chi connectivity index (χ0) is 15.3. The number of nitrogens with zero attached hydrogens (tertiary/aromatic N) is 1. The van der Waals surface area contributed by atoms with E-state index in [9.17, 15) is 14.9 Å². The van der Waals surface area contributed by atoms with Gasteiger partial charge in [-0.15, -0.1) is 12.4 Å². The monoisotopic (exact) mass is 329 g/mol. The number of carbonyl (C=O) groups excluding carboxylic acids is 1. The number of halogens is 1. The van der Waals surface area contributed by atoms with Crippen LogP contribution >= 0.6 is 12.4 Å². The van der Waals surface area contributed by atoms with Crippen molar-refractivity contribution in [1.29, 1.82) is 0 Å². The largest absolute Gasteiger partial charge is 0.484 e. The van der Waals surface area contributed by atoms with Crippen LogP contribution in [0.25, 0.3) is 0 Å². The number of ether oxygens (including phenoxy) is 1. The van der Waals surface area contributed by atoms with E-state index < -0.39 is 4.92 Å². The quantitative estimate of drug-likeness (QED) is 0.611. The van der Waals surface area contributed by atoms with Gasteiger partial charge in [0.25, 0.3) is 11.6 Å². The van der Waals surface area contributed by atoms with Crippen molar-refractivity contribution in [2.24, 2.45) is 5.73 Å². The van der Waals surface area contributed by atoms with Crippen LogP contribution < -0.4 is 15.8 Å². The molecular weight excluding hydrogens is 310 g/mol. The summed E-state index contributed by atoms with van der Waals surface area (Å²) in [6, 6.07) is 5.76. The highest BCUT2D eigenvalue weighted by atomic mass is 35.5. The Bertz CT molecular complexity index is 533. The first kappa shape index (κ1) is 18.2. The van der Waals surface area contributed by atoms with Crippen molar-refractivity contribution in [3.05, 3.63) is 34.4 Å². The lowest BCUT2D eigenvalue weighted by molar-refractivity contribution is -0.384. The number of hydrogen-bond acceptors (Lipinski definition) is 5. The summed E-state index contributed by atoms with van der Waals surface area (Å²) in [6.45, 7) is 0.235. The molecule has 8 heteroatoms. The molecular formula is C14H20ClN3O4. The minimum absolute atomic E-state index is 0. The molecule has 1 amide bonds. The van der Waals surface area contributed by atoms with Crippen molar-refractivity contribution in [3.8, 4) is 5.75 Å². The van der Waals surface area contributed by atoms with Gasteiger partial charge in [-0.05, 0) is 18.9 Å². The van der Waals surface area contributed by atoms with Crippen molar-refractivity contribution in [3.63, 3.8) is 0 Å². The third-order valence-electron chi connectivity index (χ3n) is 3.75. The molecule has 3 N–H and O–H groups in total. The van der Waals surface area contributed by atoms with Crippen LogP contribution in [0.1, 0.15) is 25.7 Å². The maximum atomic E-state index is 11.9. The van der Waals surface area contributed by atoms with Crippen LogP contribution in [-0.4, -0.2) is 29.5 Å². The van der Waals surface area contributed by atoms with Crippen molar-refractivity contribution in [2.45, 2.75) is 31.2 Å². The molecule has 0 saturated heterocycles. The van der Waals surface area contributed by atoms with E-state index in [0.29, 0.717) is 12.3 Å². The van der Waals surface area contributed by atoms with Crippen LogP contribution in [0.2, 0.25) is 0 Å². The zero-order valence-electron chi connectivity index (χ0n) is 12.1. The van der Waals surface area contributed by atoms with Crippen molar-refractivity contribution < 1.29 is 14.5 Å². The minimum Gasteiger partial charge on any atom is -0.484 e. The molecule has 1 aromatic rings. The lowest BCUT2D eigenvalue weighted by Gasteiger charge is -2.28. The molecule has 1 aliphatic rings. The average Bonchev–Trinajstić information content (AvgIpc) is 2.94. The lowest BCUT2D eigenvalue weighted by Crippen LogP contribution is -2.52. The number of hydrogen-bond donors (Lipinski definition) is 2. The molecule has 7 nitrogen and oxygen atoms in total. The Morgan fingerprint density at radius 1 is 1.41 bits per heavy atom. The summed E-state index contributed by atoms with van der Waals surface area (Å²) in [5.74, 6) is 0.0430. The third-order valence-corrected chi connectivity index (χ3v) is 3.75. The molecule has 1 fully saturated rings. The van der Waals surface area contributed by atoms with E-state index in [0.717, 1.165) is 25.7 Å². The summed E-state index contributed by atoms with van der Waals surface area (Å²) in [5.41, 5.74) is 5.36. The average molecular weight is 330 g/mol. The first-order valence-electron chi connectivity index (χ1n) is 6.93. The van der Waals surface area contributed by atoms with Gasteiger partial charge in [0.05, 0.1) is 16.5 Å². The van der Waals surface area contributed by atoms with E-state index in [2.05, 4.69) is 5.32 Å². The molecule has 0 aromatic heterocycles. The predicted octanol–water partition coefficient (Wildman–Crippen LogP) is 1.78. The van der Waals surface area contributed by atoms with Gasteiger partial charge in [-0.2, -0.15) is 0 Å². The van der Waals surface area contributed by atoms with Crippen molar-refractivity contribution >= 4 is 24.0 Å². The lowest BCUT2D eigenvalue weighted by atomic mass is 9.98. The molecule has 0 atom stereocenters. The number of amides is 1. The Morgan fingerprint density at radius 2 is 2.09 bits per heavy atom. The second-order valence-corrected chi connectivity index (χ2v) is 5.28. The van der Waals surface area contributed by atoms with Gasteiger partial charge in [-0.3, -0.25) is 14.9 Å². The number of non-ortho nitro benzene ring substituents is 1. The van der Waals surface area contributed by atoms with E-state index in [-0.39, 0.29) is 36.1 Å². The van der Waals surface area contributed by atoms with Crippen LogP contribution in [0.4, 0.5) is 5.69 Å². The second kappa shape index (κ2) is 7.95. The highest BCUT2D eigenvalue weighted by molar-refractivity contribution is 5.85. The van der Waals surface area contributed by atoms with E-state index >= 15 is 0 Å². The van der Waals surface area contributed by atoms with Crippen molar-refractivity contribution in [1.82, 2.24) is 5.32 Å². The van der Waals surface area contributed by atoms with E-state index in [4.69, 9.17) is 10.5 Å². The molecule has 122 valence electrons. The highest BCUT2D eigenvalue weighted by Gasteiger charge is 2.33. The fourth-order valence-corrected chi connectivity index (χ4v) is 2.60. The Balaban J connectivity index is 0.00000242. The van der Waals surface area contributed by atoms with E-state index in [1.165, 1.54) is 18.2 Å². The van der Waals surface area contributed by atoms with Crippen molar-refractivity contribution in [2.75, 3.05) is 13.2 Å². The van der Waals surface area contributed by atoms with Gasteiger partial charge in [0, 0.05) is 12.6 Å². The number of carbonyl (C=O) groups is 1. The van der Waals surface area contributed by atoms with Gasteiger partial charge >= 0.3 is 0 Å². The highest BCUT2D eigenvalue weighted by Crippen LogP contribution is 2.28. The number of nitro groups is 1. The summed E-state index contributed by atoms with van der Waals surface area (Å²) >= 11 is 0. The molecule has 0 unspecified atom stereocenters. The number of nitro benzene ring substituents is 1. The maximum absolute atomic E-state index is 11.9. The first-order valence-corrected chi connectivity index (χ1v) is 6.93. The third kappa shape index (κ3) is 4.57. The summed E-state index contributed by atoms with van der Waals surface area (Å²) in [4.78, 5) is 22.1. The molecule has 0 aliphatic heterocycles. The normalized spacial score (nSPS) is 15.7. The van der Waals surface area contributed by atoms with E-state index in [1.807, 2.05) is 0 Å². The Kier molecular flexibility index (Phi) is 6.58. The molecule has 1 aliphatic carbocycles. The minimum atomic E-state index is -0.505. The summed E-state index contributed by atoms with van der Waals surface area (Å²) in [7, 11) is 0. The molecule has 22 heavy (non-hydrogen) atoms. The zero-order valence-corrected chi connectivity index (χ0v) is 12.9. The molecule has 2 rings (SSSR count). The van der Waals surface area contributed by atoms with E-state index in [1.54, 1.807) is 6.07 Å². The van der Waals surface area contributed by atoms with Gasteiger partial charge in [0.2, 0.25) is 0 Å². The predicted molar refractivity (Wildman–Crippen MR) is 84.2 cm³/mol. The topological polar surface area (TPSA) is 107 Å².